The van der Waals surface area contributed by atoms with Crippen molar-refractivity contribution in [2.45, 2.75) is 13.3 Å². The van der Waals surface area contributed by atoms with E-state index in [1.165, 1.54) is 0 Å². The third-order valence-electron chi connectivity index (χ3n) is 4.36. The summed E-state index contributed by atoms with van der Waals surface area (Å²) in [4.78, 5) is 25.9. The smallest absolute Gasteiger partial charge is 0.168 e. The van der Waals surface area contributed by atoms with Crippen molar-refractivity contribution in [3.63, 3.8) is 0 Å². The number of benzene rings is 1. The molecule has 3 heterocycles. The molecule has 0 unspecified atom stereocenters. The maximum absolute atomic E-state index is 12.8. The molecule has 0 radical (unpaired) electrons. The molecule has 27 heavy (non-hydrogen) atoms. The molecular formula is C21H17ClN4O. The maximum atomic E-state index is 12.8. The molecule has 0 aliphatic heterocycles. The summed E-state index contributed by atoms with van der Waals surface area (Å²) in [6.45, 7) is 1.90. The normalized spacial score (nSPS) is 13.1. The monoisotopic (exact) mass is 380 g/mol. The van der Waals surface area contributed by atoms with Crippen LogP contribution in [-0.2, 0) is 13.5 Å². The molecular weight excluding hydrogens is 360 g/mol. The van der Waals surface area contributed by atoms with E-state index < -0.39 is 30.0 Å². The van der Waals surface area contributed by atoms with E-state index in [1.54, 1.807) is 24.7 Å². The second-order valence-corrected chi connectivity index (χ2v) is 6.51. The number of aryl methyl sites for hydroxylation is 1. The lowest BCUT2D eigenvalue weighted by Gasteiger charge is -2.06. The van der Waals surface area contributed by atoms with E-state index in [0.717, 1.165) is 28.0 Å². The van der Waals surface area contributed by atoms with Gasteiger partial charge in [-0.2, -0.15) is 0 Å². The summed E-state index contributed by atoms with van der Waals surface area (Å²) in [5.41, 5.74) is 1.75. The number of rotatable bonds is 4. The fourth-order valence-electron chi connectivity index (χ4n) is 2.75. The molecule has 6 heteroatoms. The Hall–Kier alpha value is -3.05. The van der Waals surface area contributed by atoms with Crippen molar-refractivity contribution >= 4 is 28.2 Å². The number of hydrogen-bond donors (Lipinski definition) is 0. The van der Waals surface area contributed by atoms with Crippen molar-refractivity contribution < 1.29 is 10.3 Å². The number of aromatic nitrogens is 4. The van der Waals surface area contributed by atoms with Gasteiger partial charge in [-0.25, -0.2) is 4.98 Å². The van der Waals surface area contributed by atoms with Crippen molar-refractivity contribution in [1.29, 1.82) is 0 Å². The zero-order valence-corrected chi connectivity index (χ0v) is 15.4. The lowest BCUT2D eigenvalue weighted by atomic mass is 10.0. The van der Waals surface area contributed by atoms with Gasteiger partial charge >= 0.3 is 0 Å². The molecule has 5 nitrogen and oxygen atoms in total. The summed E-state index contributed by atoms with van der Waals surface area (Å²) in [6, 6.07) is 1.89. The lowest BCUT2D eigenvalue weighted by molar-refractivity contribution is 0.0992. The first kappa shape index (κ1) is 13.2. The highest BCUT2D eigenvalue weighted by Gasteiger charge is 2.11. The number of carbonyl (C=O) groups excluding carboxylic acids is 1. The minimum Gasteiger partial charge on any atom is -0.330 e. The zero-order chi connectivity index (χ0) is 22.4. The van der Waals surface area contributed by atoms with Crippen molar-refractivity contribution in [2.24, 2.45) is 7.05 Å². The number of carbonyl (C=O) groups is 1. The number of hydrogen-bond acceptors (Lipinski definition) is 4. The SMILES string of the molecule is [2H]c1c([2H])c(C(=O)Cc2cc3cc(-c4cnc(C)n4C)ncc3cn2)c([2H])c([2H])c1Cl. The number of fused-ring (bicyclic) bond motifs is 1. The van der Waals surface area contributed by atoms with E-state index in [1.807, 2.05) is 24.6 Å². The zero-order valence-electron chi connectivity index (χ0n) is 18.7. The van der Waals surface area contributed by atoms with E-state index >= 15 is 0 Å². The van der Waals surface area contributed by atoms with Crippen LogP contribution in [0.1, 0.15) is 27.4 Å². The molecule has 0 fully saturated rings. The van der Waals surface area contributed by atoms with Gasteiger partial charge in [0.15, 0.2) is 5.78 Å². The van der Waals surface area contributed by atoms with E-state index in [4.69, 9.17) is 17.1 Å². The van der Waals surface area contributed by atoms with Crippen LogP contribution < -0.4 is 0 Å². The van der Waals surface area contributed by atoms with Gasteiger partial charge < -0.3 is 4.57 Å². The second kappa shape index (κ2) is 6.93. The summed E-state index contributed by atoms with van der Waals surface area (Å²) in [6.07, 6.45) is 4.89. The Morgan fingerprint density at radius 1 is 1.07 bits per heavy atom. The van der Waals surface area contributed by atoms with Crippen LogP contribution in [-0.4, -0.2) is 25.3 Å². The molecule has 0 saturated heterocycles. The van der Waals surface area contributed by atoms with Crippen LogP contribution in [0, 0.1) is 6.92 Å². The summed E-state index contributed by atoms with van der Waals surface area (Å²) in [7, 11) is 1.91. The average molecular weight is 381 g/mol. The van der Waals surface area contributed by atoms with Gasteiger partial charge in [-0.3, -0.25) is 14.8 Å². The topological polar surface area (TPSA) is 60.7 Å². The molecule has 1 aromatic carbocycles. The van der Waals surface area contributed by atoms with E-state index in [-0.39, 0.29) is 17.0 Å². The van der Waals surface area contributed by atoms with Gasteiger partial charge in [0.2, 0.25) is 0 Å². The highest BCUT2D eigenvalue weighted by molar-refractivity contribution is 6.30. The Morgan fingerprint density at radius 3 is 2.52 bits per heavy atom. The molecule has 3 aromatic heterocycles. The van der Waals surface area contributed by atoms with Crippen LogP contribution in [0.4, 0.5) is 0 Å². The fourth-order valence-corrected chi connectivity index (χ4v) is 2.84. The molecule has 0 bridgehead atoms. The standard InChI is InChI=1S/C21H17ClN4O/c1-13-23-12-20(26(13)2)19-8-15-7-18(24-10-16(15)11-25-19)9-21(27)14-3-5-17(22)6-4-14/h3-8,10-12H,9H2,1-2H3/i3D,4D,5D,6D. The molecule has 0 amide bonds. The van der Waals surface area contributed by atoms with Crippen LogP contribution in [0.2, 0.25) is 5.02 Å². The molecule has 0 atom stereocenters. The Kier molecular flexibility index (Phi) is 3.38. The maximum Gasteiger partial charge on any atom is 0.168 e. The van der Waals surface area contributed by atoms with Crippen LogP contribution in [0.15, 0.2) is 54.9 Å². The number of pyridine rings is 2. The summed E-state index contributed by atoms with van der Waals surface area (Å²) >= 11 is 5.82. The van der Waals surface area contributed by atoms with Gasteiger partial charge in [0, 0.05) is 41.1 Å². The first-order valence-electron chi connectivity index (χ1n) is 10.2. The number of imidazole rings is 1. The molecule has 0 spiro atoms. The molecule has 0 aliphatic rings. The fraction of sp³-hybridized carbons (Fsp3) is 0.143. The van der Waals surface area contributed by atoms with E-state index in [9.17, 15) is 4.79 Å². The summed E-state index contributed by atoms with van der Waals surface area (Å²) in [5, 5.41) is 1.33. The predicted octanol–water partition coefficient (Wildman–Crippen LogP) is 4.42. The van der Waals surface area contributed by atoms with Gasteiger partial charge in [0.1, 0.15) is 5.82 Å². The number of ketones is 1. The highest BCUT2D eigenvalue weighted by Crippen LogP contribution is 2.23. The van der Waals surface area contributed by atoms with Crippen molar-refractivity contribution in [2.75, 3.05) is 0 Å². The third-order valence-corrected chi connectivity index (χ3v) is 4.55. The van der Waals surface area contributed by atoms with Crippen LogP contribution in [0.5, 0.6) is 0 Å². The lowest BCUT2D eigenvalue weighted by Crippen LogP contribution is -2.05. The Labute approximate surface area is 167 Å². The Bertz CT molecular complexity index is 1340. The van der Waals surface area contributed by atoms with Crippen molar-refractivity contribution in [1.82, 2.24) is 19.5 Å². The predicted molar refractivity (Wildman–Crippen MR) is 106 cm³/mol. The van der Waals surface area contributed by atoms with Crippen LogP contribution in [0.25, 0.3) is 22.2 Å². The number of Topliss-reactive ketones (excluding diaryl/α,β-unsaturated/α-hetero) is 1. The molecule has 0 saturated carbocycles. The molecule has 0 aliphatic carbocycles. The van der Waals surface area contributed by atoms with Gasteiger partial charge in [-0.15, -0.1) is 0 Å². The third kappa shape index (κ3) is 3.46. The quantitative estimate of drug-likeness (QED) is 0.492. The van der Waals surface area contributed by atoms with E-state index in [0.29, 0.717) is 5.69 Å². The molecule has 134 valence electrons. The minimum absolute atomic E-state index is 0.170. The Balaban J connectivity index is 1.71. The van der Waals surface area contributed by atoms with Crippen LogP contribution >= 0.6 is 11.6 Å². The van der Waals surface area contributed by atoms with Crippen LogP contribution in [0.3, 0.4) is 0 Å². The van der Waals surface area contributed by atoms with Gasteiger partial charge in [0.25, 0.3) is 0 Å². The highest BCUT2D eigenvalue weighted by atomic mass is 35.5. The van der Waals surface area contributed by atoms with Gasteiger partial charge in [0.05, 0.1) is 29.5 Å². The van der Waals surface area contributed by atoms with Crippen molar-refractivity contribution in [3.05, 3.63) is 77.0 Å². The summed E-state index contributed by atoms with van der Waals surface area (Å²) in [5.74, 6) is 0.304. The largest absolute Gasteiger partial charge is 0.330 e. The van der Waals surface area contributed by atoms with E-state index in [2.05, 4.69) is 15.0 Å². The summed E-state index contributed by atoms with van der Waals surface area (Å²) < 4.78 is 33.6. The second-order valence-electron chi connectivity index (χ2n) is 6.13. The Morgan fingerprint density at radius 2 is 1.81 bits per heavy atom. The van der Waals surface area contributed by atoms with Gasteiger partial charge in [-0.1, -0.05) is 11.6 Å². The van der Waals surface area contributed by atoms with Crippen molar-refractivity contribution in [3.8, 4) is 11.4 Å². The molecule has 4 aromatic rings. The van der Waals surface area contributed by atoms with Gasteiger partial charge in [-0.05, 0) is 48.6 Å². The molecule has 0 N–H and O–H groups in total. The number of halogens is 1. The minimum atomic E-state index is -0.558. The molecule has 4 rings (SSSR count). The first-order valence-corrected chi connectivity index (χ1v) is 8.59. The number of nitrogens with zero attached hydrogens (tertiary/aromatic N) is 4. The first-order chi connectivity index (χ1) is 14.7. The average Bonchev–Trinajstić information content (AvgIpc) is 3.09.